The molecule has 1 N–H and O–H groups in total. The zero-order chi connectivity index (χ0) is 14.8. The Bertz CT molecular complexity index is 672. The second-order valence-electron chi connectivity index (χ2n) is 5.58. The van der Waals surface area contributed by atoms with E-state index in [2.05, 4.69) is 21.8 Å². The monoisotopic (exact) mass is 285 g/mol. The number of hydrogen-bond donors (Lipinski definition) is 1. The summed E-state index contributed by atoms with van der Waals surface area (Å²) in [5.74, 6) is 0.238. The number of nitrogens with zero attached hydrogens (tertiary/aromatic N) is 3. The van der Waals surface area contributed by atoms with Gasteiger partial charge in [0.05, 0.1) is 5.52 Å². The zero-order valence-electron chi connectivity index (χ0n) is 12.1. The van der Waals surface area contributed by atoms with E-state index >= 15 is 0 Å². The number of rotatable bonds is 4. The fraction of sp³-hybridized carbons (Fsp3) is 0.438. The number of hydrogen-bond acceptors (Lipinski definition) is 4. The van der Waals surface area contributed by atoms with Crippen molar-refractivity contribution in [1.29, 1.82) is 0 Å². The highest BCUT2D eigenvalue weighted by atomic mass is 16.4. The molecular weight excluding hydrogens is 266 g/mol. The van der Waals surface area contributed by atoms with E-state index in [0.29, 0.717) is 11.4 Å². The molecule has 0 radical (unpaired) electrons. The average molecular weight is 285 g/mol. The van der Waals surface area contributed by atoms with Crippen LogP contribution < -0.4 is 4.90 Å². The number of carboxylic acids is 1. The first-order valence-electron chi connectivity index (χ1n) is 7.44. The summed E-state index contributed by atoms with van der Waals surface area (Å²) >= 11 is 0. The van der Waals surface area contributed by atoms with Crippen LogP contribution >= 0.6 is 0 Å². The molecule has 0 amide bonds. The number of benzene rings is 1. The Balaban J connectivity index is 2.02. The summed E-state index contributed by atoms with van der Waals surface area (Å²) in [6.07, 6.45) is 3.54. The predicted molar refractivity (Wildman–Crippen MR) is 81.7 cm³/mol. The van der Waals surface area contributed by atoms with Crippen LogP contribution in [0, 0.1) is 5.92 Å². The maximum Gasteiger partial charge on any atom is 0.374 e. The quantitative estimate of drug-likeness (QED) is 0.935. The first-order chi connectivity index (χ1) is 10.2. The summed E-state index contributed by atoms with van der Waals surface area (Å²) in [4.78, 5) is 21.9. The molecule has 1 aromatic carbocycles. The highest BCUT2D eigenvalue weighted by Crippen LogP contribution is 2.30. The van der Waals surface area contributed by atoms with Crippen LogP contribution in [-0.4, -0.2) is 34.1 Å². The standard InChI is InChI=1S/C16H19N3O2/c1-2-5-11-8-9-19(10-11)15-12-6-3-4-7-13(12)17-14(18-15)16(20)21/h3-4,6-7,11H,2,5,8-10H2,1H3,(H,20,21). The number of carbonyl (C=O) groups is 1. The Morgan fingerprint density at radius 1 is 1.38 bits per heavy atom. The van der Waals surface area contributed by atoms with E-state index in [1.807, 2.05) is 24.3 Å². The molecule has 3 rings (SSSR count). The van der Waals surface area contributed by atoms with E-state index in [1.54, 1.807) is 0 Å². The van der Waals surface area contributed by atoms with Crippen molar-refractivity contribution < 1.29 is 9.90 Å². The molecule has 21 heavy (non-hydrogen) atoms. The Hall–Kier alpha value is -2.17. The zero-order valence-corrected chi connectivity index (χ0v) is 12.1. The lowest BCUT2D eigenvalue weighted by Gasteiger charge is -2.19. The van der Waals surface area contributed by atoms with Gasteiger partial charge in [-0.25, -0.2) is 14.8 Å². The van der Waals surface area contributed by atoms with Crippen LogP contribution in [0.3, 0.4) is 0 Å². The van der Waals surface area contributed by atoms with E-state index in [0.717, 1.165) is 30.7 Å². The predicted octanol–water partition coefficient (Wildman–Crippen LogP) is 2.95. The van der Waals surface area contributed by atoms with Gasteiger partial charge in [-0.1, -0.05) is 25.5 Å². The maximum atomic E-state index is 11.2. The van der Waals surface area contributed by atoms with Gasteiger partial charge in [-0.2, -0.15) is 0 Å². The lowest BCUT2D eigenvalue weighted by atomic mass is 10.0. The maximum absolute atomic E-state index is 11.2. The number of para-hydroxylation sites is 1. The third kappa shape index (κ3) is 2.68. The Morgan fingerprint density at radius 3 is 2.95 bits per heavy atom. The molecule has 5 heteroatoms. The van der Waals surface area contributed by atoms with Crippen molar-refractivity contribution in [3.05, 3.63) is 30.1 Å². The summed E-state index contributed by atoms with van der Waals surface area (Å²) in [7, 11) is 0. The summed E-state index contributed by atoms with van der Waals surface area (Å²) in [5, 5.41) is 10.1. The molecule has 1 saturated heterocycles. The Kier molecular flexibility index (Phi) is 3.73. The second-order valence-corrected chi connectivity index (χ2v) is 5.58. The molecule has 0 saturated carbocycles. The van der Waals surface area contributed by atoms with Crippen molar-refractivity contribution in [3.8, 4) is 0 Å². The normalized spacial score (nSPS) is 18.3. The van der Waals surface area contributed by atoms with Gasteiger partial charge < -0.3 is 10.0 Å². The van der Waals surface area contributed by atoms with Crippen molar-refractivity contribution in [2.45, 2.75) is 26.2 Å². The van der Waals surface area contributed by atoms with Gasteiger partial charge >= 0.3 is 5.97 Å². The molecule has 110 valence electrons. The SMILES string of the molecule is CCCC1CCN(c2nc(C(=O)O)nc3ccccc23)C1. The van der Waals surface area contributed by atoms with Crippen LogP contribution in [0.5, 0.6) is 0 Å². The first-order valence-corrected chi connectivity index (χ1v) is 7.44. The van der Waals surface area contributed by atoms with Gasteiger partial charge in [0.1, 0.15) is 5.82 Å². The van der Waals surface area contributed by atoms with Gasteiger partial charge in [-0.05, 0) is 30.9 Å². The lowest BCUT2D eigenvalue weighted by Crippen LogP contribution is -2.22. The summed E-state index contributed by atoms with van der Waals surface area (Å²) in [6.45, 7) is 4.09. The first kappa shape index (κ1) is 13.8. The van der Waals surface area contributed by atoms with Crippen LogP contribution in [-0.2, 0) is 0 Å². The Morgan fingerprint density at radius 2 is 2.19 bits per heavy atom. The molecule has 2 heterocycles. The van der Waals surface area contributed by atoms with Gasteiger partial charge in [0.15, 0.2) is 0 Å². The van der Waals surface area contributed by atoms with Crippen LogP contribution in [0.4, 0.5) is 5.82 Å². The van der Waals surface area contributed by atoms with Gasteiger partial charge in [0.25, 0.3) is 0 Å². The number of aromatic nitrogens is 2. The van der Waals surface area contributed by atoms with Crippen molar-refractivity contribution in [3.63, 3.8) is 0 Å². The number of carboxylic acid groups (broad SMARTS) is 1. The van der Waals surface area contributed by atoms with E-state index < -0.39 is 5.97 Å². The molecule has 0 spiro atoms. The van der Waals surface area contributed by atoms with Crippen LogP contribution in [0.25, 0.3) is 10.9 Å². The topological polar surface area (TPSA) is 66.3 Å². The number of aromatic carboxylic acids is 1. The molecule has 1 atom stereocenters. The van der Waals surface area contributed by atoms with Crippen LogP contribution in [0.15, 0.2) is 24.3 Å². The van der Waals surface area contributed by atoms with Gasteiger partial charge in [-0.3, -0.25) is 0 Å². The number of fused-ring (bicyclic) bond motifs is 1. The van der Waals surface area contributed by atoms with Crippen LogP contribution in [0.2, 0.25) is 0 Å². The minimum absolute atomic E-state index is 0.123. The smallest absolute Gasteiger partial charge is 0.374 e. The fourth-order valence-corrected chi connectivity index (χ4v) is 3.07. The molecule has 0 aliphatic carbocycles. The van der Waals surface area contributed by atoms with E-state index in [4.69, 9.17) is 0 Å². The average Bonchev–Trinajstić information content (AvgIpc) is 2.95. The van der Waals surface area contributed by atoms with Gasteiger partial charge in [0, 0.05) is 18.5 Å². The molecule has 1 aliphatic rings. The summed E-state index contributed by atoms with van der Waals surface area (Å²) < 4.78 is 0. The van der Waals surface area contributed by atoms with Gasteiger partial charge in [-0.15, -0.1) is 0 Å². The van der Waals surface area contributed by atoms with E-state index in [1.165, 1.54) is 12.8 Å². The molecule has 2 aromatic rings. The molecule has 1 aromatic heterocycles. The Labute approximate surface area is 123 Å². The molecular formula is C16H19N3O2. The van der Waals surface area contributed by atoms with Gasteiger partial charge in [0.2, 0.25) is 5.82 Å². The third-order valence-corrected chi connectivity index (χ3v) is 4.06. The molecule has 5 nitrogen and oxygen atoms in total. The second kappa shape index (κ2) is 5.68. The van der Waals surface area contributed by atoms with Crippen molar-refractivity contribution in [2.75, 3.05) is 18.0 Å². The molecule has 1 fully saturated rings. The molecule has 1 unspecified atom stereocenters. The van der Waals surface area contributed by atoms with E-state index in [9.17, 15) is 9.90 Å². The van der Waals surface area contributed by atoms with E-state index in [-0.39, 0.29) is 5.82 Å². The third-order valence-electron chi connectivity index (χ3n) is 4.06. The highest BCUT2D eigenvalue weighted by Gasteiger charge is 2.25. The molecule has 0 bridgehead atoms. The molecule has 1 aliphatic heterocycles. The minimum Gasteiger partial charge on any atom is -0.475 e. The fourth-order valence-electron chi connectivity index (χ4n) is 3.07. The van der Waals surface area contributed by atoms with Crippen molar-refractivity contribution >= 4 is 22.7 Å². The minimum atomic E-state index is -1.08. The highest BCUT2D eigenvalue weighted by molar-refractivity contribution is 5.93. The largest absolute Gasteiger partial charge is 0.475 e. The summed E-state index contributed by atoms with van der Waals surface area (Å²) in [5.41, 5.74) is 0.693. The lowest BCUT2D eigenvalue weighted by molar-refractivity contribution is 0.0684. The van der Waals surface area contributed by atoms with Crippen LogP contribution in [0.1, 0.15) is 36.8 Å². The number of anilines is 1. The van der Waals surface area contributed by atoms with Crippen molar-refractivity contribution in [2.24, 2.45) is 5.92 Å². The van der Waals surface area contributed by atoms with Crippen molar-refractivity contribution in [1.82, 2.24) is 9.97 Å². The summed E-state index contributed by atoms with van der Waals surface area (Å²) in [6, 6.07) is 7.61.